The lowest BCUT2D eigenvalue weighted by Crippen LogP contribution is -2.36. The highest BCUT2D eigenvalue weighted by atomic mass is 16.4. The van der Waals surface area contributed by atoms with Gasteiger partial charge < -0.3 is 5.11 Å². The van der Waals surface area contributed by atoms with E-state index in [4.69, 9.17) is 0 Å². The number of hydrogen-bond acceptors (Lipinski definition) is 2. The molecule has 0 saturated carbocycles. The summed E-state index contributed by atoms with van der Waals surface area (Å²) in [5, 5.41) is 9.29. The standard InChI is InChI=1S/C13H24O3.6C4H10.CH4.B/c1-6-7-8-13(5,11(15)16)9-12(3,4)10(2)14;6*1-3-4-2;;/h6-9H2,1-5H3,(H,15,16);6*3-4H2,1-2H3;1H4;. The van der Waals surface area contributed by atoms with Crippen molar-refractivity contribution in [1.29, 1.82) is 0 Å². The first-order valence-electron chi connectivity index (χ1n) is 17.4. The summed E-state index contributed by atoms with van der Waals surface area (Å²) >= 11 is 0. The van der Waals surface area contributed by atoms with E-state index < -0.39 is 16.8 Å². The van der Waals surface area contributed by atoms with E-state index in [9.17, 15) is 14.7 Å². The second-order valence-electron chi connectivity index (χ2n) is 11.6. The molecule has 42 heavy (non-hydrogen) atoms. The topological polar surface area (TPSA) is 54.4 Å². The maximum absolute atomic E-state index is 11.4. The fraction of sp³-hybridized carbons (Fsp3) is 0.947. The average molecular weight is 604 g/mol. The van der Waals surface area contributed by atoms with Gasteiger partial charge in [-0.25, -0.2) is 0 Å². The van der Waals surface area contributed by atoms with Gasteiger partial charge in [0.15, 0.2) is 0 Å². The summed E-state index contributed by atoms with van der Waals surface area (Å²) in [4.78, 5) is 22.8. The Morgan fingerprint density at radius 3 is 0.833 bits per heavy atom. The van der Waals surface area contributed by atoms with Crippen LogP contribution in [0.4, 0.5) is 0 Å². The molecule has 1 atom stereocenters. The molecule has 0 aliphatic rings. The van der Waals surface area contributed by atoms with Crippen molar-refractivity contribution < 1.29 is 14.7 Å². The molecule has 0 rings (SSSR count). The van der Waals surface area contributed by atoms with Crippen molar-refractivity contribution in [3.8, 4) is 0 Å². The van der Waals surface area contributed by atoms with Crippen LogP contribution in [-0.4, -0.2) is 25.3 Å². The van der Waals surface area contributed by atoms with Gasteiger partial charge >= 0.3 is 5.97 Å². The molecule has 1 unspecified atom stereocenters. The molecule has 4 heteroatoms. The normalized spacial score (nSPS) is 10.2. The molecular weight excluding hydrogens is 515 g/mol. The Morgan fingerprint density at radius 2 is 0.714 bits per heavy atom. The van der Waals surface area contributed by atoms with Crippen LogP contribution in [0.1, 0.15) is 228 Å². The van der Waals surface area contributed by atoms with E-state index in [1.54, 1.807) is 6.92 Å². The zero-order valence-electron chi connectivity index (χ0n) is 32.2. The highest BCUT2D eigenvalue weighted by Gasteiger charge is 2.40. The van der Waals surface area contributed by atoms with Gasteiger partial charge in [-0.05, 0) is 26.7 Å². The van der Waals surface area contributed by atoms with E-state index >= 15 is 0 Å². The molecule has 0 fully saturated rings. The van der Waals surface area contributed by atoms with Crippen LogP contribution in [-0.2, 0) is 9.59 Å². The Labute approximate surface area is 273 Å². The first-order valence-corrected chi connectivity index (χ1v) is 17.4. The number of carbonyl (C=O) groups excluding carboxylic acids is 1. The molecule has 0 aromatic heterocycles. The number of hydrogen-bond donors (Lipinski definition) is 1. The van der Waals surface area contributed by atoms with Crippen LogP contribution in [0.15, 0.2) is 0 Å². The van der Waals surface area contributed by atoms with Gasteiger partial charge in [-0.3, -0.25) is 9.59 Å². The number of carboxylic acid groups (broad SMARTS) is 1. The SMILES string of the molecule is C.CCCC.CCCC.CCCC.CCCC.CCCC.CCCC.CCCCC(C)(CC(C)(C)C(C)=O)C(=O)O.[B]. The van der Waals surface area contributed by atoms with E-state index in [-0.39, 0.29) is 21.6 Å². The van der Waals surface area contributed by atoms with E-state index in [2.05, 4.69) is 83.1 Å². The summed E-state index contributed by atoms with van der Waals surface area (Å²) in [6, 6.07) is 0. The van der Waals surface area contributed by atoms with Crippen LogP contribution < -0.4 is 0 Å². The third kappa shape index (κ3) is 71.9. The van der Waals surface area contributed by atoms with Crippen molar-refractivity contribution in [1.82, 2.24) is 0 Å². The molecule has 0 bridgehead atoms. The van der Waals surface area contributed by atoms with Gasteiger partial charge in [0, 0.05) is 13.8 Å². The van der Waals surface area contributed by atoms with Gasteiger partial charge in [-0.2, -0.15) is 0 Å². The van der Waals surface area contributed by atoms with Crippen LogP contribution in [0.2, 0.25) is 0 Å². The Balaban J connectivity index is -0.0000000495. The van der Waals surface area contributed by atoms with Crippen molar-refractivity contribution in [3.05, 3.63) is 0 Å². The summed E-state index contributed by atoms with van der Waals surface area (Å²) in [7, 11) is 0. The van der Waals surface area contributed by atoms with Gasteiger partial charge in [0.25, 0.3) is 0 Å². The van der Waals surface area contributed by atoms with Gasteiger partial charge in [0.2, 0.25) is 0 Å². The Hall–Kier alpha value is -0.795. The van der Waals surface area contributed by atoms with E-state index in [1.807, 2.05) is 20.8 Å². The molecule has 0 amide bonds. The second-order valence-corrected chi connectivity index (χ2v) is 11.6. The fourth-order valence-electron chi connectivity index (χ4n) is 1.94. The summed E-state index contributed by atoms with van der Waals surface area (Å²) in [6.07, 6.45) is 18.7. The smallest absolute Gasteiger partial charge is 0.309 e. The first kappa shape index (κ1) is 64.2. The average Bonchev–Trinajstić information content (AvgIpc) is 2.96. The predicted octanol–water partition coefficient (Wildman–Crippen LogP) is 14.4. The van der Waals surface area contributed by atoms with E-state index in [0.29, 0.717) is 12.8 Å². The molecule has 0 aromatic rings. The maximum atomic E-state index is 11.4. The van der Waals surface area contributed by atoms with Gasteiger partial charge in [0.05, 0.1) is 5.41 Å². The number of ketones is 1. The zero-order valence-corrected chi connectivity index (χ0v) is 32.2. The third-order valence-corrected chi connectivity index (χ3v) is 6.38. The maximum Gasteiger partial charge on any atom is 0.309 e. The summed E-state index contributed by atoms with van der Waals surface area (Å²) < 4.78 is 0. The molecule has 1 N–H and O–H groups in total. The van der Waals surface area contributed by atoms with Crippen molar-refractivity contribution in [3.63, 3.8) is 0 Å². The highest BCUT2D eigenvalue weighted by molar-refractivity contribution is 5.83. The lowest BCUT2D eigenvalue weighted by molar-refractivity contribution is -0.151. The molecule has 3 radical (unpaired) electrons. The number of Topliss-reactive ketones (excluding diaryl/α,β-unsaturated/α-hetero) is 1. The molecular formula is C38H88BO3. The van der Waals surface area contributed by atoms with Crippen molar-refractivity contribution >= 4 is 20.2 Å². The predicted molar refractivity (Wildman–Crippen MR) is 200 cm³/mol. The Kier molecular flexibility index (Phi) is 85.7. The van der Waals surface area contributed by atoms with E-state index in [1.165, 1.54) is 84.0 Å². The van der Waals surface area contributed by atoms with Crippen LogP contribution >= 0.6 is 0 Å². The van der Waals surface area contributed by atoms with Crippen LogP contribution in [0, 0.1) is 10.8 Å². The van der Waals surface area contributed by atoms with Gasteiger partial charge in [0.1, 0.15) is 5.78 Å². The Morgan fingerprint density at radius 1 is 0.500 bits per heavy atom. The number of carbonyl (C=O) groups is 2. The number of carboxylic acids is 1. The number of aliphatic carboxylic acids is 1. The van der Waals surface area contributed by atoms with Crippen LogP contribution in [0.5, 0.6) is 0 Å². The Bertz CT molecular complexity index is 393. The summed E-state index contributed by atoms with van der Waals surface area (Å²) in [5.74, 6) is -0.744. The monoisotopic (exact) mass is 604 g/mol. The summed E-state index contributed by atoms with van der Waals surface area (Å²) in [5.41, 5.74) is -1.34. The van der Waals surface area contributed by atoms with Crippen molar-refractivity contribution in [2.45, 2.75) is 228 Å². The molecule has 0 aliphatic carbocycles. The highest BCUT2D eigenvalue weighted by Crippen LogP contribution is 2.38. The largest absolute Gasteiger partial charge is 0.481 e. The molecule has 0 aromatic carbocycles. The molecule has 3 nitrogen and oxygen atoms in total. The number of rotatable bonds is 13. The van der Waals surface area contributed by atoms with Crippen molar-refractivity contribution in [2.75, 3.05) is 0 Å². The van der Waals surface area contributed by atoms with Crippen LogP contribution in [0.3, 0.4) is 0 Å². The lowest BCUT2D eigenvalue weighted by atomic mass is 9.70. The zero-order chi connectivity index (χ0) is 33.5. The quantitative estimate of drug-likeness (QED) is 0.213. The van der Waals surface area contributed by atoms with E-state index in [0.717, 1.165) is 12.8 Å². The first-order chi connectivity index (χ1) is 18.6. The third-order valence-electron chi connectivity index (χ3n) is 6.38. The minimum Gasteiger partial charge on any atom is -0.481 e. The molecule has 261 valence electrons. The second kappa shape index (κ2) is 56.0. The summed E-state index contributed by atoms with van der Waals surface area (Å²) in [6.45, 7) is 35.1. The number of unbranched alkanes of at least 4 members (excludes halogenated alkanes) is 7. The minimum absolute atomic E-state index is 0. The fourth-order valence-corrected chi connectivity index (χ4v) is 1.94. The van der Waals surface area contributed by atoms with Crippen molar-refractivity contribution in [2.24, 2.45) is 10.8 Å². The molecule has 0 heterocycles. The van der Waals surface area contributed by atoms with Crippen LogP contribution in [0.25, 0.3) is 0 Å². The minimum atomic E-state index is -0.796. The van der Waals surface area contributed by atoms with Gasteiger partial charge in [-0.1, -0.05) is 201 Å². The molecule has 0 saturated heterocycles. The molecule has 0 aliphatic heterocycles. The molecule has 0 spiro atoms. The van der Waals surface area contributed by atoms with Gasteiger partial charge in [-0.15, -0.1) is 0 Å². The lowest BCUT2D eigenvalue weighted by Gasteiger charge is -2.33.